The van der Waals surface area contributed by atoms with Gasteiger partial charge in [0.15, 0.2) is 0 Å². The lowest BCUT2D eigenvalue weighted by Crippen LogP contribution is -2.57. The third kappa shape index (κ3) is 7.40. The van der Waals surface area contributed by atoms with Crippen molar-refractivity contribution in [3.05, 3.63) is 35.9 Å². The number of esters is 1. The molecule has 0 bridgehead atoms. The molecule has 1 heterocycles. The van der Waals surface area contributed by atoms with Crippen molar-refractivity contribution in [1.29, 1.82) is 0 Å². The molecule has 1 fully saturated rings. The molecule has 0 spiro atoms. The zero-order chi connectivity index (χ0) is 23.2. The smallest absolute Gasteiger partial charge is 0.461 e. The van der Waals surface area contributed by atoms with E-state index < -0.39 is 58.7 Å². The summed E-state index contributed by atoms with van der Waals surface area (Å²) in [5, 5.41) is 42.3. The zero-order valence-corrected chi connectivity index (χ0v) is 17.8. The van der Waals surface area contributed by atoms with Gasteiger partial charge in [-0.25, -0.2) is 9.08 Å². The minimum absolute atomic E-state index is 0.178. The second kappa shape index (κ2) is 11.2. The monoisotopic (exact) mass is 481 g/mol. The molecule has 1 aliphatic heterocycles. The molecule has 1 aliphatic rings. The van der Waals surface area contributed by atoms with Crippen LogP contribution in [0.25, 0.3) is 0 Å². The van der Waals surface area contributed by atoms with E-state index in [-0.39, 0.29) is 17.2 Å². The lowest BCUT2D eigenvalue weighted by Gasteiger charge is -2.39. The van der Waals surface area contributed by atoms with E-state index in [1.54, 1.807) is 18.2 Å². The molecular formula is C17H23NO11S2. The van der Waals surface area contributed by atoms with E-state index in [9.17, 15) is 33.6 Å². The topological polar surface area (TPSA) is 192 Å². The summed E-state index contributed by atoms with van der Waals surface area (Å²) < 4.78 is 45.1. The number of carbonyl (C=O) groups is 1. The van der Waals surface area contributed by atoms with Gasteiger partial charge in [-0.1, -0.05) is 42.0 Å². The molecule has 0 aromatic heterocycles. The summed E-state index contributed by atoms with van der Waals surface area (Å²) in [4.78, 5) is 12.1. The van der Waals surface area contributed by atoms with Crippen molar-refractivity contribution in [3.8, 4) is 0 Å². The Morgan fingerprint density at radius 1 is 1.19 bits per heavy atom. The van der Waals surface area contributed by atoms with E-state index in [0.717, 1.165) is 0 Å². The number of ether oxygens (including phenoxy) is 2. The lowest BCUT2D eigenvalue weighted by atomic mass is 10.0. The molecule has 5 N–H and O–H groups in total. The van der Waals surface area contributed by atoms with Crippen LogP contribution < -0.4 is 0 Å². The Morgan fingerprint density at radius 3 is 2.42 bits per heavy atom. The predicted octanol–water partition coefficient (Wildman–Crippen LogP) is -0.854. The molecule has 0 aliphatic carbocycles. The maximum Gasteiger partial charge on any atom is 0.466 e. The number of nitrogens with zero attached hydrogens (tertiary/aromatic N) is 1. The van der Waals surface area contributed by atoms with E-state index in [1.807, 2.05) is 0 Å². The predicted molar refractivity (Wildman–Crippen MR) is 107 cm³/mol. The van der Waals surface area contributed by atoms with Gasteiger partial charge in [-0.05, 0) is 12.1 Å². The van der Waals surface area contributed by atoms with Gasteiger partial charge in [-0.15, -0.1) is 0 Å². The van der Waals surface area contributed by atoms with Crippen LogP contribution in [-0.4, -0.2) is 87.5 Å². The third-order valence-electron chi connectivity index (χ3n) is 4.20. The molecular weight excluding hydrogens is 458 g/mol. The van der Waals surface area contributed by atoms with E-state index in [2.05, 4.69) is 9.44 Å². The fraction of sp³-hybridized carbons (Fsp3) is 0.529. The van der Waals surface area contributed by atoms with Crippen LogP contribution in [0.15, 0.2) is 35.5 Å². The van der Waals surface area contributed by atoms with E-state index in [1.165, 1.54) is 19.1 Å². The van der Waals surface area contributed by atoms with Crippen LogP contribution in [-0.2, 0) is 24.2 Å². The number of oxime groups is 1. The molecule has 1 saturated heterocycles. The molecule has 0 radical (unpaired) electrons. The number of hydrogen-bond acceptors (Lipinski definition) is 12. The van der Waals surface area contributed by atoms with Gasteiger partial charge in [0.2, 0.25) is 0 Å². The summed E-state index contributed by atoms with van der Waals surface area (Å²) in [7, 11) is -4.96. The van der Waals surface area contributed by atoms with Crippen molar-refractivity contribution in [2.75, 3.05) is 13.2 Å². The Morgan fingerprint density at radius 2 is 1.84 bits per heavy atom. The molecule has 1 aromatic rings. The first kappa shape index (κ1) is 25.5. The van der Waals surface area contributed by atoms with Crippen molar-refractivity contribution in [2.24, 2.45) is 11.1 Å². The number of thioether (sulfide) groups is 1. The van der Waals surface area contributed by atoms with Crippen LogP contribution in [0.2, 0.25) is 0 Å². The van der Waals surface area contributed by atoms with Crippen LogP contribution >= 0.6 is 11.8 Å². The van der Waals surface area contributed by atoms with Gasteiger partial charge < -0.3 is 29.9 Å². The molecule has 0 saturated carbocycles. The highest BCUT2D eigenvalue weighted by molar-refractivity contribution is 8.14. The molecule has 0 amide bonds. The second-order valence-corrected chi connectivity index (χ2v) is 8.74. The highest BCUT2D eigenvalue weighted by Crippen LogP contribution is 2.31. The van der Waals surface area contributed by atoms with Gasteiger partial charge in [-0.2, -0.15) is 8.42 Å². The first-order valence-corrected chi connectivity index (χ1v) is 11.2. The van der Waals surface area contributed by atoms with E-state index >= 15 is 0 Å². The Bertz CT molecular complexity index is 862. The lowest BCUT2D eigenvalue weighted by molar-refractivity contribution is -0.205. The first-order chi connectivity index (χ1) is 14.5. The van der Waals surface area contributed by atoms with Crippen molar-refractivity contribution in [1.82, 2.24) is 0 Å². The zero-order valence-electron chi connectivity index (χ0n) is 16.2. The quantitative estimate of drug-likeness (QED) is 0.102. The van der Waals surface area contributed by atoms with Crippen LogP contribution in [0.5, 0.6) is 0 Å². The number of hydrogen-bond donors (Lipinski definition) is 5. The number of benzene rings is 1. The number of carbonyl (C=O) groups excluding carboxylic acids is 1. The molecule has 14 heteroatoms. The summed E-state index contributed by atoms with van der Waals surface area (Å²) >= 11 is 0.599. The van der Waals surface area contributed by atoms with Gasteiger partial charge >= 0.3 is 16.4 Å². The highest BCUT2D eigenvalue weighted by atomic mass is 32.3. The summed E-state index contributed by atoms with van der Waals surface area (Å²) in [5.74, 6) is -1.45. The van der Waals surface area contributed by atoms with Gasteiger partial charge in [-0.3, -0.25) is 4.55 Å². The van der Waals surface area contributed by atoms with Crippen molar-refractivity contribution >= 4 is 33.2 Å². The average Bonchev–Trinajstić information content (AvgIpc) is 2.74. The maximum absolute atomic E-state index is 12.1. The SMILES string of the molecule is CC(COC(=O)c1ccccc1)C(=NOS(=O)(=O)O)SC1OC(CO)C(O)C(O)C1O. The van der Waals surface area contributed by atoms with Gasteiger partial charge in [0.1, 0.15) is 41.5 Å². The van der Waals surface area contributed by atoms with Crippen LogP contribution in [0, 0.1) is 5.92 Å². The van der Waals surface area contributed by atoms with Gasteiger partial charge in [0, 0.05) is 5.92 Å². The summed E-state index contributed by atoms with van der Waals surface area (Å²) in [6, 6.07) is 8.07. The number of rotatable bonds is 8. The minimum atomic E-state index is -4.96. The Kier molecular flexibility index (Phi) is 9.20. The molecule has 31 heavy (non-hydrogen) atoms. The van der Waals surface area contributed by atoms with Gasteiger partial charge in [0.05, 0.1) is 12.2 Å². The highest BCUT2D eigenvalue weighted by Gasteiger charge is 2.44. The van der Waals surface area contributed by atoms with Crippen molar-refractivity contribution < 1.29 is 51.9 Å². The molecule has 174 valence electrons. The van der Waals surface area contributed by atoms with Crippen LogP contribution in [0.4, 0.5) is 0 Å². The largest absolute Gasteiger partial charge is 0.466 e. The van der Waals surface area contributed by atoms with Gasteiger partial charge in [0.25, 0.3) is 0 Å². The van der Waals surface area contributed by atoms with Crippen LogP contribution in [0.1, 0.15) is 17.3 Å². The second-order valence-electron chi connectivity index (χ2n) is 6.61. The summed E-state index contributed by atoms with van der Waals surface area (Å²) in [6.45, 7) is 0.535. The van der Waals surface area contributed by atoms with E-state index in [4.69, 9.17) is 14.0 Å². The van der Waals surface area contributed by atoms with E-state index in [0.29, 0.717) is 11.8 Å². The minimum Gasteiger partial charge on any atom is -0.461 e. The number of aliphatic hydroxyl groups is 4. The molecule has 1 aromatic carbocycles. The summed E-state index contributed by atoms with van der Waals surface area (Å²) in [5.41, 5.74) is -1.02. The fourth-order valence-electron chi connectivity index (χ4n) is 2.52. The number of aliphatic hydroxyl groups excluding tert-OH is 4. The average molecular weight is 482 g/mol. The third-order valence-corrected chi connectivity index (χ3v) is 5.81. The Hall–Kier alpha value is -1.78. The molecule has 6 atom stereocenters. The van der Waals surface area contributed by atoms with Crippen molar-refractivity contribution in [2.45, 2.75) is 36.8 Å². The Labute approximate surface area is 182 Å². The van der Waals surface area contributed by atoms with Crippen LogP contribution in [0.3, 0.4) is 0 Å². The Balaban J connectivity index is 2.13. The standard InChI is InChI=1S/C17H23NO11S2/c1-9(8-27-16(23)10-5-3-2-4-6-10)15(18-29-31(24,25)26)30-17-14(22)13(21)12(20)11(7-19)28-17/h2-6,9,11-14,17,19-22H,7-8H2,1H3,(H,24,25,26). The molecule has 12 nitrogen and oxygen atoms in total. The molecule has 2 rings (SSSR count). The van der Waals surface area contributed by atoms with Crippen molar-refractivity contribution in [3.63, 3.8) is 0 Å². The maximum atomic E-state index is 12.1. The molecule has 6 unspecified atom stereocenters. The summed E-state index contributed by atoms with van der Waals surface area (Å²) in [6.07, 6.45) is -6.10. The fourth-order valence-corrected chi connectivity index (χ4v) is 3.86. The normalized spacial score (nSPS) is 28.1. The first-order valence-electron chi connectivity index (χ1n) is 8.96.